The van der Waals surface area contributed by atoms with Gasteiger partial charge in [-0.15, -0.1) is 0 Å². The zero-order valence-corrected chi connectivity index (χ0v) is 9.85. The molecular formula is C14H16N2O. The molecule has 4 bridgehead atoms. The van der Waals surface area contributed by atoms with Crippen LogP contribution in [-0.4, -0.2) is 5.16 Å². The Morgan fingerprint density at radius 1 is 1.18 bits per heavy atom. The highest BCUT2D eigenvalue weighted by Gasteiger charge is 2.53. The third kappa shape index (κ3) is 1.24. The molecule has 17 heavy (non-hydrogen) atoms. The van der Waals surface area contributed by atoms with Gasteiger partial charge in [-0.25, -0.2) is 0 Å². The van der Waals surface area contributed by atoms with Crippen LogP contribution in [0, 0.1) is 29.1 Å². The first kappa shape index (κ1) is 9.70. The van der Waals surface area contributed by atoms with Crippen LogP contribution < -0.4 is 0 Å². The summed E-state index contributed by atoms with van der Waals surface area (Å²) in [6.45, 7) is 0. The predicted molar refractivity (Wildman–Crippen MR) is 61.1 cm³/mol. The minimum absolute atomic E-state index is 0.236. The molecule has 0 unspecified atom stereocenters. The SMILES string of the molecule is N#Cc1oncc1C12CC3CC(CC(C3)C1)C2. The summed E-state index contributed by atoms with van der Waals surface area (Å²) in [4.78, 5) is 0. The molecule has 1 aromatic heterocycles. The number of hydrogen-bond acceptors (Lipinski definition) is 3. The average molecular weight is 228 g/mol. The summed E-state index contributed by atoms with van der Waals surface area (Å²) in [5.74, 6) is 3.14. The molecule has 0 spiro atoms. The lowest BCUT2D eigenvalue weighted by Gasteiger charge is -2.56. The van der Waals surface area contributed by atoms with E-state index in [4.69, 9.17) is 9.78 Å². The van der Waals surface area contributed by atoms with Gasteiger partial charge in [-0.3, -0.25) is 0 Å². The van der Waals surface area contributed by atoms with Crippen LogP contribution in [0.2, 0.25) is 0 Å². The third-order valence-electron chi connectivity index (χ3n) is 5.28. The van der Waals surface area contributed by atoms with Crippen molar-refractivity contribution in [3.8, 4) is 6.07 Å². The normalized spacial score (nSPS) is 42.6. The molecule has 4 aliphatic carbocycles. The van der Waals surface area contributed by atoms with Gasteiger partial charge in [0.05, 0.1) is 6.20 Å². The molecule has 1 heterocycles. The van der Waals surface area contributed by atoms with Crippen LogP contribution in [0.3, 0.4) is 0 Å². The maximum Gasteiger partial charge on any atom is 0.239 e. The van der Waals surface area contributed by atoms with Crippen molar-refractivity contribution in [1.29, 1.82) is 5.26 Å². The molecule has 0 atom stereocenters. The third-order valence-corrected chi connectivity index (χ3v) is 5.28. The van der Waals surface area contributed by atoms with Crippen LogP contribution in [0.5, 0.6) is 0 Å². The first-order chi connectivity index (χ1) is 8.29. The van der Waals surface area contributed by atoms with Crippen molar-refractivity contribution in [2.75, 3.05) is 0 Å². The molecular weight excluding hydrogens is 212 g/mol. The zero-order valence-electron chi connectivity index (χ0n) is 9.85. The number of hydrogen-bond donors (Lipinski definition) is 0. The fourth-order valence-corrected chi connectivity index (χ4v) is 5.14. The van der Waals surface area contributed by atoms with Crippen LogP contribution in [0.25, 0.3) is 0 Å². The smallest absolute Gasteiger partial charge is 0.239 e. The minimum Gasteiger partial charge on any atom is -0.345 e. The lowest BCUT2D eigenvalue weighted by Crippen LogP contribution is -2.48. The number of nitriles is 1. The highest BCUT2D eigenvalue weighted by Crippen LogP contribution is 2.61. The molecule has 0 N–H and O–H groups in total. The molecule has 0 aromatic carbocycles. The van der Waals surface area contributed by atoms with Crippen molar-refractivity contribution in [3.63, 3.8) is 0 Å². The second-order valence-electron chi connectivity index (χ2n) is 6.38. The van der Waals surface area contributed by atoms with Crippen molar-refractivity contribution < 1.29 is 4.52 Å². The Kier molecular flexibility index (Phi) is 1.79. The number of rotatable bonds is 1. The van der Waals surface area contributed by atoms with Gasteiger partial charge in [0.25, 0.3) is 0 Å². The van der Waals surface area contributed by atoms with E-state index in [0.717, 1.165) is 23.3 Å². The number of aromatic nitrogens is 1. The van der Waals surface area contributed by atoms with E-state index in [9.17, 15) is 0 Å². The van der Waals surface area contributed by atoms with Crippen molar-refractivity contribution in [2.45, 2.75) is 43.9 Å². The van der Waals surface area contributed by atoms with Gasteiger partial charge < -0.3 is 4.52 Å². The second-order valence-corrected chi connectivity index (χ2v) is 6.38. The topological polar surface area (TPSA) is 49.8 Å². The van der Waals surface area contributed by atoms with Gasteiger partial charge in [-0.2, -0.15) is 5.26 Å². The van der Waals surface area contributed by atoms with E-state index >= 15 is 0 Å². The molecule has 3 heteroatoms. The molecule has 3 nitrogen and oxygen atoms in total. The Morgan fingerprint density at radius 2 is 1.76 bits per heavy atom. The van der Waals surface area contributed by atoms with Gasteiger partial charge in [0, 0.05) is 11.0 Å². The van der Waals surface area contributed by atoms with Gasteiger partial charge in [-0.05, 0) is 56.3 Å². The maximum absolute atomic E-state index is 9.13. The molecule has 4 aliphatic rings. The molecule has 4 saturated carbocycles. The summed E-state index contributed by atoms with van der Waals surface area (Å²) in [5, 5.41) is 13.0. The maximum atomic E-state index is 9.13. The predicted octanol–water partition coefficient (Wildman–Crippen LogP) is 3.01. The first-order valence-corrected chi connectivity index (χ1v) is 6.64. The molecule has 0 amide bonds. The lowest BCUT2D eigenvalue weighted by molar-refractivity contribution is -0.00558. The van der Waals surface area contributed by atoms with Gasteiger partial charge in [0.1, 0.15) is 6.07 Å². The van der Waals surface area contributed by atoms with Gasteiger partial charge in [-0.1, -0.05) is 5.16 Å². The van der Waals surface area contributed by atoms with E-state index in [1.807, 2.05) is 6.20 Å². The zero-order chi connectivity index (χ0) is 11.5. The Hall–Kier alpha value is -1.30. The van der Waals surface area contributed by atoms with Crippen LogP contribution in [0.15, 0.2) is 10.7 Å². The quantitative estimate of drug-likeness (QED) is 0.742. The standard InChI is InChI=1S/C14H16N2O/c15-7-13-12(8-16-17-13)14-4-9-1-10(5-14)3-11(2-9)6-14/h8-11H,1-6H2. The summed E-state index contributed by atoms with van der Waals surface area (Å²) in [5.41, 5.74) is 1.35. The summed E-state index contributed by atoms with van der Waals surface area (Å²) < 4.78 is 5.09. The van der Waals surface area contributed by atoms with E-state index < -0.39 is 0 Å². The number of nitrogens with zero attached hydrogens (tertiary/aromatic N) is 2. The van der Waals surface area contributed by atoms with Crippen molar-refractivity contribution >= 4 is 0 Å². The fourth-order valence-electron chi connectivity index (χ4n) is 5.14. The summed E-state index contributed by atoms with van der Waals surface area (Å²) in [6, 6.07) is 2.17. The summed E-state index contributed by atoms with van der Waals surface area (Å²) >= 11 is 0. The highest BCUT2D eigenvalue weighted by atomic mass is 16.5. The van der Waals surface area contributed by atoms with E-state index in [-0.39, 0.29) is 5.41 Å². The molecule has 0 saturated heterocycles. The Morgan fingerprint density at radius 3 is 2.29 bits per heavy atom. The fraction of sp³-hybridized carbons (Fsp3) is 0.714. The van der Waals surface area contributed by atoms with Crippen LogP contribution in [0.4, 0.5) is 0 Å². The first-order valence-electron chi connectivity index (χ1n) is 6.64. The molecule has 88 valence electrons. The van der Waals surface area contributed by atoms with Crippen molar-refractivity contribution in [3.05, 3.63) is 17.5 Å². The molecule has 4 fully saturated rings. The summed E-state index contributed by atoms with van der Waals surface area (Å²) in [7, 11) is 0. The van der Waals surface area contributed by atoms with Crippen molar-refractivity contribution in [1.82, 2.24) is 5.16 Å². The Labute approximate surface area is 101 Å². The highest BCUT2D eigenvalue weighted by molar-refractivity contribution is 5.35. The van der Waals surface area contributed by atoms with E-state index in [1.165, 1.54) is 38.5 Å². The lowest BCUT2D eigenvalue weighted by atomic mass is 9.48. The van der Waals surface area contributed by atoms with Crippen LogP contribution in [0.1, 0.15) is 49.8 Å². The Bertz CT molecular complexity index is 461. The van der Waals surface area contributed by atoms with Gasteiger partial charge >= 0.3 is 0 Å². The van der Waals surface area contributed by atoms with E-state index in [0.29, 0.717) is 5.76 Å². The van der Waals surface area contributed by atoms with E-state index in [2.05, 4.69) is 11.2 Å². The van der Waals surface area contributed by atoms with Crippen molar-refractivity contribution in [2.24, 2.45) is 17.8 Å². The molecule has 1 aromatic rings. The van der Waals surface area contributed by atoms with Crippen LogP contribution in [-0.2, 0) is 5.41 Å². The Balaban J connectivity index is 1.80. The average Bonchev–Trinajstić information content (AvgIpc) is 2.75. The molecule has 5 rings (SSSR count). The van der Waals surface area contributed by atoms with Gasteiger partial charge in [0.2, 0.25) is 5.76 Å². The second kappa shape index (κ2) is 3.13. The summed E-state index contributed by atoms with van der Waals surface area (Å²) in [6.07, 6.45) is 9.86. The largest absolute Gasteiger partial charge is 0.345 e. The van der Waals surface area contributed by atoms with Crippen LogP contribution >= 0.6 is 0 Å². The molecule has 0 radical (unpaired) electrons. The molecule has 0 aliphatic heterocycles. The van der Waals surface area contributed by atoms with Gasteiger partial charge in [0.15, 0.2) is 0 Å². The van der Waals surface area contributed by atoms with E-state index in [1.54, 1.807) is 0 Å². The monoisotopic (exact) mass is 228 g/mol. The minimum atomic E-state index is 0.236.